The van der Waals surface area contributed by atoms with Gasteiger partial charge in [0.25, 0.3) is 10.0 Å². The minimum atomic E-state index is -4.34. The normalized spacial score (nSPS) is 12.2. The van der Waals surface area contributed by atoms with Gasteiger partial charge in [-0.25, -0.2) is 12.8 Å². The van der Waals surface area contributed by atoms with Gasteiger partial charge in [-0.15, -0.1) is 0 Å². The Bertz CT molecular complexity index is 1400. The molecule has 2 amide bonds. The molecule has 3 rings (SSSR count). The molecule has 3 aromatic carbocycles. The van der Waals surface area contributed by atoms with Crippen LogP contribution in [-0.4, -0.2) is 44.3 Å². The van der Waals surface area contributed by atoms with Crippen molar-refractivity contribution in [1.82, 2.24) is 10.2 Å². The van der Waals surface area contributed by atoms with Crippen LogP contribution in [0.25, 0.3) is 0 Å². The molecule has 0 aliphatic heterocycles. The Morgan fingerprint density at radius 2 is 1.56 bits per heavy atom. The number of nitrogens with zero attached hydrogens (tertiary/aromatic N) is 2. The van der Waals surface area contributed by atoms with E-state index in [9.17, 15) is 22.4 Å². The summed E-state index contributed by atoms with van der Waals surface area (Å²) in [6, 6.07) is 17.3. The number of amides is 2. The van der Waals surface area contributed by atoms with Crippen LogP contribution in [0.1, 0.15) is 31.9 Å². The van der Waals surface area contributed by atoms with E-state index in [1.54, 1.807) is 43.3 Å². The number of anilines is 1. The fourth-order valence-corrected chi connectivity index (χ4v) is 5.37. The average molecular weight is 574 g/mol. The monoisotopic (exact) mass is 573 g/mol. The van der Waals surface area contributed by atoms with Crippen molar-refractivity contribution in [2.24, 2.45) is 5.92 Å². The lowest BCUT2D eigenvalue weighted by molar-refractivity contribution is -0.139. The summed E-state index contributed by atoms with van der Waals surface area (Å²) >= 11 is 6.01. The molecule has 0 spiro atoms. The smallest absolute Gasteiger partial charge is 0.264 e. The maximum absolute atomic E-state index is 14.9. The lowest BCUT2D eigenvalue weighted by atomic mass is 10.1. The standard InChI is InChI=1S/C29H33ClFN3O4S/c1-20(2)17-32-29(36)22(4)33(18-23-11-13-24(30)14-12-23)28(35)19-34(27-8-6-5-7-26(27)31)39(37,38)25-15-9-21(3)10-16-25/h5-16,20,22H,17-19H2,1-4H3,(H,32,36). The lowest BCUT2D eigenvalue weighted by Gasteiger charge is -2.32. The third-order valence-corrected chi connectivity index (χ3v) is 8.15. The van der Waals surface area contributed by atoms with Gasteiger partial charge in [-0.1, -0.05) is 67.4 Å². The van der Waals surface area contributed by atoms with Crippen molar-refractivity contribution < 1.29 is 22.4 Å². The van der Waals surface area contributed by atoms with Gasteiger partial charge in [0.1, 0.15) is 18.4 Å². The molecule has 0 aliphatic rings. The second-order valence-corrected chi connectivity index (χ2v) is 12.0. The molecular weight excluding hydrogens is 541 g/mol. The van der Waals surface area contributed by atoms with E-state index in [1.807, 2.05) is 20.8 Å². The number of carbonyl (C=O) groups is 2. The largest absolute Gasteiger partial charge is 0.354 e. The highest BCUT2D eigenvalue weighted by molar-refractivity contribution is 7.92. The molecule has 0 aromatic heterocycles. The molecule has 10 heteroatoms. The molecule has 39 heavy (non-hydrogen) atoms. The number of aryl methyl sites for hydroxylation is 1. The van der Waals surface area contributed by atoms with Crippen molar-refractivity contribution in [1.29, 1.82) is 0 Å². The first kappa shape index (κ1) is 30.1. The van der Waals surface area contributed by atoms with E-state index in [0.717, 1.165) is 15.9 Å². The zero-order valence-electron chi connectivity index (χ0n) is 22.4. The SMILES string of the molecule is Cc1ccc(S(=O)(=O)N(CC(=O)N(Cc2ccc(Cl)cc2)C(C)C(=O)NCC(C)C)c2ccccc2F)cc1. The predicted molar refractivity (Wildman–Crippen MR) is 151 cm³/mol. The zero-order chi connectivity index (χ0) is 28.7. The second-order valence-electron chi connectivity index (χ2n) is 9.74. The predicted octanol–water partition coefficient (Wildman–Crippen LogP) is 5.17. The Morgan fingerprint density at radius 3 is 2.15 bits per heavy atom. The van der Waals surface area contributed by atoms with E-state index in [1.165, 1.54) is 35.2 Å². The summed E-state index contributed by atoms with van der Waals surface area (Å²) in [5.41, 5.74) is 1.27. The highest BCUT2D eigenvalue weighted by atomic mass is 35.5. The van der Waals surface area contributed by atoms with Crippen molar-refractivity contribution in [2.45, 2.75) is 45.2 Å². The number of rotatable bonds is 11. The van der Waals surface area contributed by atoms with E-state index >= 15 is 0 Å². The van der Waals surface area contributed by atoms with Crippen LogP contribution in [0.5, 0.6) is 0 Å². The minimum absolute atomic E-state index is 0.0158. The first-order valence-electron chi connectivity index (χ1n) is 12.6. The molecular formula is C29H33ClFN3O4S. The second kappa shape index (κ2) is 13.1. The molecule has 1 N–H and O–H groups in total. The Labute approximate surface area is 234 Å². The Balaban J connectivity index is 2.02. The summed E-state index contributed by atoms with van der Waals surface area (Å²) in [5.74, 6) is -1.66. The van der Waals surface area contributed by atoms with Crippen LogP contribution in [0.2, 0.25) is 5.02 Å². The van der Waals surface area contributed by atoms with E-state index in [0.29, 0.717) is 17.1 Å². The van der Waals surface area contributed by atoms with Gasteiger partial charge < -0.3 is 10.2 Å². The first-order chi connectivity index (χ1) is 18.4. The van der Waals surface area contributed by atoms with Gasteiger partial charge in [-0.2, -0.15) is 0 Å². The highest BCUT2D eigenvalue weighted by Gasteiger charge is 2.33. The third kappa shape index (κ3) is 7.80. The quantitative estimate of drug-likeness (QED) is 0.343. The first-order valence-corrected chi connectivity index (χ1v) is 14.4. The van der Waals surface area contributed by atoms with Crippen molar-refractivity contribution in [3.05, 3.63) is 94.8 Å². The summed E-state index contributed by atoms with van der Waals surface area (Å²) in [7, 11) is -4.34. The number of nitrogens with one attached hydrogen (secondary N) is 1. The van der Waals surface area contributed by atoms with Gasteiger partial charge in [-0.3, -0.25) is 13.9 Å². The van der Waals surface area contributed by atoms with Gasteiger partial charge in [-0.05, 0) is 61.7 Å². The summed E-state index contributed by atoms with van der Waals surface area (Å²) < 4.78 is 43.1. The number of benzene rings is 3. The van der Waals surface area contributed by atoms with Crippen LogP contribution < -0.4 is 9.62 Å². The van der Waals surface area contributed by atoms with Crippen molar-refractivity contribution in [3.8, 4) is 0 Å². The van der Waals surface area contributed by atoms with Gasteiger partial charge in [0.2, 0.25) is 11.8 Å². The molecule has 0 fully saturated rings. The summed E-state index contributed by atoms with van der Waals surface area (Å²) in [6.07, 6.45) is 0. The maximum Gasteiger partial charge on any atom is 0.264 e. The van der Waals surface area contributed by atoms with Gasteiger partial charge >= 0.3 is 0 Å². The molecule has 0 heterocycles. The van der Waals surface area contributed by atoms with E-state index in [2.05, 4.69) is 5.32 Å². The number of carbonyl (C=O) groups excluding carboxylic acids is 2. The van der Waals surface area contributed by atoms with Gasteiger partial charge in [0, 0.05) is 18.1 Å². The van der Waals surface area contributed by atoms with Crippen molar-refractivity contribution in [2.75, 3.05) is 17.4 Å². The fraction of sp³-hybridized carbons (Fsp3) is 0.310. The molecule has 0 bridgehead atoms. The van der Waals surface area contributed by atoms with E-state index in [-0.39, 0.29) is 29.0 Å². The Kier molecular flexibility index (Phi) is 10.1. The lowest BCUT2D eigenvalue weighted by Crippen LogP contribution is -2.51. The average Bonchev–Trinajstić information content (AvgIpc) is 2.90. The molecule has 0 aliphatic carbocycles. The molecule has 7 nitrogen and oxygen atoms in total. The Hall–Kier alpha value is -3.43. The van der Waals surface area contributed by atoms with E-state index in [4.69, 9.17) is 11.6 Å². The summed E-state index contributed by atoms with van der Waals surface area (Å²) in [5, 5.41) is 3.33. The summed E-state index contributed by atoms with van der Waals surface area (Å²) in [6.45, 7) is 7.00. The van der Waals surface area contributed by atoms with Crippen molar-refractivity contribution >= 4 is 39.1 Å². The zero-order valence-corrected chi connectivity index (χ0v) is 24.0. The maximum atomic E-state index is 14.9. The van der Waals surface area contributed by atoms with Crippen LogP contribution in [0.3, 0.4) is 0 Å². The van der Waals surface area contributed by atoms with Crippen LogP contribution >= 0.6 is 11.6 Å². The molecule has 1 atom stereocenters. The molecule has 0 saturated heterocycles. The van der Waals surface area contributed by atoms with Crippen LogP contribution in [0, 0.1) is 18.7 Å². The Morgan fingerprint density at radius 1 is 0.949 bits per heavy atom. The number of halogens is 2. The number of hydrogen-bond acceptors (Lipinski definition) is 4. The number of para-hydroxylation sites is 1. The molecule has 0 saturated carbocycles. The van der Waals surface area contributed by atoms with Crippen molar-refractivity contribution in [3.63, 3.8) is 0 Å². The van der Waals surface area contributed by atoms with Gasteiger partial charge in [0.15, 0.2) is 0 Å². The van der Waals surface area contributed by atoms with E-state index < -0.39 is 34.3 Å². The van der Waals surface area contributed by atoms with Crippen LogP contribution in [0.15, 0.2) is 77.7 Å². The fourth-order valence-electron chi connectivity index (χ4n) is 3.83. The minimum Gasteiger partial charge on any atom is -0.354 e. The van der Waals surface area contributed by atoms with Crippen LogP contribution in [0.4, 0.5) is 10.1 Å². The number of sulfonamides is 1. The molecule has 1 unspecified atom stereocenters. The number of hydrogen-bond donors (Lipinski definition) is 1. The van der Waals surface area contributed by atoms with Gasteiger partial charge in [0.05, 0.1) is 10.6 Å². The topological polar surface area (TPSA) is 86.8 Å². The third-order valence-electron chi connectivity index (χ3n) is 6.13. The highest BCUT2D eigenvalue weighted by Crippen LogP contribution is 2.27. The summed E-state index contributed by atoms with van der Waals surface area (Å²) in [4.78, 5) is 28.0. The molecule has 208 valence electrons. The molecule has 0 radical (unpaired) electrons. The van der Waals surface area contributed by atoms with Crippen LogP contribution in [-0.2, 0) is 26.2 Å². The molecule has 3 aromatic rings.